The molecule has 3 atom stereocenters. The van der Waals surface area contributed by atoms with Gasteiger partial charge in [0.2, 0.25) is 5.91 Å². The minimum atomic E-state index is -2.91. The topological polar surface area (TPSA) is 70.9 Å². The average molecular weight is 650 g/mol. The second-order valence-corrected chi connectivity index (χ2v) is 12.7. The summed E-state index contributed by atoms with van der Waals surface area (Å²) in [6, 6.07) is 9.43. The Morgan fingerprint density at radius 3 is 2.47 bits per heavy atom. The van der Waals surface area contributed by atoms with Crippen molar-refractivity contribution in [2.24, 2.45) is 5.92 Å². The number of aromatic nitrogens is 2. The van der Waals surface area contributed by atoms with E-state index in [9.17, 15) is 27.2 Å². The van der Waals surface area contributed by atoms with E-state index in [-0.39, 0.29) is 18.6 Å². The molecule has 2 aliphatic heterocycles. The van der Waals surface area contributed by atoms with Crippen LogP contribution in [0.1, 0.15) is 66.7 Å². The van der Waals surface area contributed by atoms with Gasteiger partial charge in [-0.25, -0.2) is 22.4 Å². The molecule has 1 aromatic carbocycles. The summed E-state index contributed by atoms with van der Waals surface area (Å²) in [5.41, 5.74) is 2.25. The lowest BCUT2D eigenvalue weighted by atomic mass is 9.90. The van der Waals surface area contributed by atoms with Gasteiger partial charge >= 0.3 is 5.97 Å². The van der Waals surface area contributed by atoms with Gasteiger partial charge in [-0.3, -0.25) is 14.4 Å². The van der Waals surface area contributed by atoms with Gasteiger partial charge in [-0.1, -0.05) is 48.0 Å². The van der Waals surface area contributed by atoms with E-state index < -0.39 is 46.9 Å². The quantitative estimate of drug-likeness (QED) is 0.157. The maximum absolute atomic E-state index is 14.3. The van der Waals surface area contributed by atoms with Crippen LogP contribution in [0.15, 0.2) is 54.4 Å². The number of ether oxygens (including phenoxy) is 1. The van der Waals surface area contributed by atoms with Crippen LogP contribution in [-0.4, -0.2) is 93.2 Å². The molecule has 2 aromatic rings. The number of alkyl halides is 5. The van der Waals surface area contributed by atoms with Gasteiger partial charge < -0.3 is 14.5 Å². The molecule has 242 valence electrons. The average Bonchev–Trinajstić information content (AvgIpc) is 3.45. The molecule has 6 rings (SSSR count). The van der Waals surface area contributed by atoms with Crippen molar-refractivity contribution in [2.75, 3.05) is 45.9 Å². The number of hydrogen-bond acceptors (Lipinski definition) is 6. The number of likely N-dealkylation sites (tertiary alicyclic amines) is 1. The highest BCUT2D eigenvalue weighted by molar-refractivity contribution is 6.25. The molecule has 1 aromatic heterocycles. The molecule has 3 fully saturated rings. The zero-order valence-corrected chi connectivity index (χ0v) is 25.7. The van der Waals surface area contributed by atoms with E-state index in [1.54, 1.807) is 6.92 Å². The Balaban J connectivity index is 1.24. The first-order valence-electron chi connectivity index (χ1n) is 15.4. The molecule has 13 heteroatoms. The highest BCUT2D eigenvalue weighted by Crippen LogP contribution is 2.50. The highest BCUT2D eigenvalue weighted by Gasteiger charge is 2.62. The van der Waals surface area contributed by atoms with Crippen molar-refractivity contribution in [1.29, 1.82) is 0 Å². The summed E-state index contributed by atoms with van der Waals surface area (Å²) in [4.78, 5) is 29.8. The van der Waals surface area contributed by atoms with Gasteiger partial charge in [-0.2, -0.15) is 5.10 Å². The molecular formula is C32H36ClF4N5O3. The number of halogens is 5. The van der Waals surface area contributed by atoms with Crippen molar-refractivity contribution in [3.8, 4) is 0 Å². The lowest BCUT2D eigenvalue weighted by Gasteiger charge is -2.47. The summed E-state index contributed by atoms with van der Waals surface area (Å²) in [5, 5.41) is 4.24. The Kier molecular flexibility index (Phi) is 8.73. The number of hydrogen-bond donors (Lipinski definition) is 0. The number of benzene rings is 1. The van der Waals surface area contributed by atoms with Crippen LogP contribution >= 0.6 is 11.6 Å². The van der Waals surface area contributed by atoms with E-state index in [0.717, 1.165) is 23.0 Å². The van der Waals surface area contributed by atoms with Gasteiger partial charge in [0.25, 0.3) is 12.3 Å². The van der Waals surface area contributed by atoms with E-state index >= 15 is 0 Å². The van der Waals surface area contributed by atoms with Crippen molar-refractivity contribution in [3.63, 3.8) is 0 Å². The summed E-state index contributed by atoms with van der Waals surface area (Å²) >= 11 is 7.34. The van der Waals surface area contributed by atoms with Crippen molar-refractivity contribution in [1.82, 2.24) is 24.5 Å². The molecule has 3 heterocycles. The molecular weight excluding hydrogens is 614 g/mol. The van der Waals surface area contributed by atoms with E-state index in [1.807, 2.05) is 42.5 Å². The molecule has 1 saturated carbocycles. The van der Waals surface area contributed by atoms with Gasteiger partial charge in [0.05, 0.1) is 18.8 Å². The van der Waals surface area contributed by atoms with Crippen molar-refractivity contribution in [3.05, 3.63) is 71.2 Å². The summed E-state index contributed by atoms with van der Waals surface area (Å²) < 4.78 is 61.9. The molecule has 4 aliphatic rings. The molecule has 3 unspecified atom stereocenters. The van der Waals surface area contributed by atoms with Crippen molar-refractivity contribution < 1.29 is 31.9 Å². The van der Waals surface area contributed by atoms with Crippen LogP contribution < -0.4 is 0 Å². The number of carbonyl (C=O) groups is 2. The van der Waals surface area contributed by atoms with E-state index in [0.29, 0.717) is 58.5 Å². The second kappa shape index (κ2) is 12.4. The SMILES string of the molecule is CCOC(=O)c1cnn(C2CCCN(C3=C(c4ccccc4)C=CC(Cl)(N4CCN(C(=O)C5CC5(F)F)CC4)C3)C2)c1C(F)F. The first-order valence-corrected chi connectivity index (χ1v) is 15.8. The van der Waals surface area contributed by atoms with Crippen molar-refractivity contribution >= 4 is 29.1 Å². The van der Waals surface area contributed by atoms with E-state index in [2.05, 4.69) is 14.9 Å². The number of carbonyl (C=O) groups excluding carboxylic acids is 2. The molecule has 0 spiro atoms. The Morgan fingerprint density at radius 1 is 1.11 bits per heavy atom. The number of rotatable bonds is 8. The fraction of sp³-hybridized carbons (Fsp3) is 0.531. The van der Waals surface area contributed by atoms with E-state index in [1.165, 1.54) is 9.58 Å². The van der Waals surface area contributed by atoms with Gasteiger partial charge in [0.1, 0.15) is 22.2 Å². The Morgan fingerprint density at radius 2 is 1.82 bits per heavy atom. The lowest BCUT2D eigenvalue weighted by molar-refractivity contribution is -0.137. The highest BCUT2D eigenvalue weighted by atomic mass is 35.5. The molecule has 0 N–H and O–H groups in total. The Hall–Kier alpha value is -3.38. The molecule has 0 radical (unpaired) electrons. The summed E-state index contributed by atoms with van der Waals surface area (Å²) in [7, 11) is 0. The minimum absolute atomic E-state index is 0.0653. The largest absolute Gasteiger partial charge is 0.462 e. The third-order valence-electron chi connectivity index (χ3n) is 9.22. The predicted octanol–water partition coefficient (Wildman–Crippen LogP) is 5.74. The molecule has 2 aliphatic carbocycles. The number of amides is 1. The van der Waals surface area contributed by atoms with Gasteiger partial charge in [-0.15, -0.1) is 0 Å². The molecule has 8 nitrogen and oxygen atoms in total. The third-order valence-corrected chi connectivity index (χ3v) is 9.72. The van der Waals surface area contributed by atoms with Crippen molar-refractivity contribution in [2.45, 2.75) is 56.0 Å². The Labute approximate surface area is 264 Å². The maximum Gasteiger partial charge on any atom is 0.341 e. The standard InChI is InChI=1S/C32H36ClF4N5O3/c1-2-45-30(44)24-19-38-42(27(24)28(34)35)22-9-6-12-40(20-22)26-18-31(33,11-10-23(26)21-7-4-3-5-8-21)41-15-13-39(14-16-41)29(43)25-17-32(25,36)37/h3-5,7-8,10-11,19,22,25,28H,2,6,9,12-18,20H2,1H3. The minimum Gasteiger partial charge on any atom is -0.462 e. The number of piperazine rings is 1. The van der Waals surface area contributed by atoms with Gasteiger partial charge in [0, 0.05) is 63.4 Å². The fourth-order valence-electron chi connectivity index (χ4n) is 6.72. The summed E-state index contributed by atoms with van der Waals surface area (Å²) in [6.45, 7) is 4.21. The normalized spacial score (nSPS) is 26.8. The first-order chi connectivity index (χ1) is 21.5. The van der Waals surface area contributed by atoms with Crippen LogP contribution in [0.5, 0.6) is 0 Å². The van der Waals surface area contributed by atoms with E-state index in [4.69, 9.17) is 16.3 Å². The number of esters is 1. The Bertz CT molecular complexity index is 1490. The van der Waals surface area contributed by atoms with Gasteiger partial charge in [-0.05, 0) is 31.4 Å². The van der Waals surface area contributed by atoms with Gasteiger partial charge in [0.15, 0.2) is 0 Å². The zero-order chi connectivity index (χ0) is 31.9. The van der Waals surface area contributed by atoms with Crippen LogP contribution in [0.2, 0.25) is 0 Å². The van der Waals surface area contributed by atoms with Crippen LogP contribution in [0.25, 0.3) is 5.57 Å². The van der Waals surface area contributed by atoms with Crippen LogP contribution in [0.3, 0.4) is 0 Å². The first kappa shape index (κ1) is 31.6. The smallest absolute Gasteiger partial charge is 0.341 e. The number of allylic oxidation sites excluding steroid dienone is 2. The van der Waals surface area contributed by atoms with Crippen LogP contribution in [0, 0.1) is 5.92 Å². The van der Waals surface area contributed by atoms with Crippen LogP contribution in [-0.2, 0) is 9.53 Å². The lowest BCUT2D eigenvalue weighted by Crippen LogP contribution is -2.56. The second-order valence-electron chi connectivity index (χ2n) is 12.0. The molecule has 45 heavy (non-hydrogen) atoms. The molecule has 2 saturated heterocycles. The fourth-order valence-corrected chi connectivity index (χ4v) is 7.08. The predicted molar refractivity (Wildman–Crippen MR) is 160 cm³/mol. The molecule has 1 amide bonds. The monoisotopic (exact) mass is 649 g/mol. The number of piperidine rings is 1. The maximum atomic E-state index is 14.3. The molecule has 0 bridgehead atoms. The van der Waals surface area contributed by atoms with Crippen LogP contribution in [0.4, 0.5) is 17.6 Å². The zero-order valence-electron chi connectivity index (χ0n) is 25.0. The summed E-state index contributed by atoms with van der Waals surface area (Å²) in [5.74, 6) is -5.44. The third kappa shape index (κ3) is 6.23. The summed E-state index contributed by atoms with van der Waals surface area (Å²) in [6.07, 6.45) is 3.52. The number of nitrogens with zero attached hydrogens (tertiary/aromatic N) is 5.